The van der Waals surface area contributed by atoms with Crippen molar-refractivity contribution in [3.05, 3.63) is 163 Å². The largest absolute Gasteiger partial charge is 0.452 e. The first kappa shape index (κ1) is 28.3. The lowest BCUT2D eigenvalue weighted by atomic mass is 9.80. The van der Waals surface area contributed by atoms with Gasteiger partial charge in [-0.3, -0.25) is 4.57 Å². The topological polar surface area (TPSA) is 43.9 Å². The summed E-state index contributed by atoms with van der Waals surface area (Å²) >= 11 is 0. The molecule has 0 bridgehead atoms. The number of benzene rings is 7. The predicted molar refractivity (Wildman–Crippen MR) is 210 cm³/mol. The second-order valence-electron chi connectivity index (χ2n) is 14.1. The number of aromatic nitrogens is 3. The smallest absolute Gasteiger partial charge is 0.236 e. The minimum Gasteiger partial charge on any atom is -0.452 e. The fraction of sp³-hybridized carbons (Fsp3) is 0.0638. The summed E-state index contributed by atoms with van der Waals surface area (Å²) in [5.41, 5.74) is 13.6. The molecule has 3 aromatic heterocycles. The average Bonchev–Trinajstić information content (AvgIpc) is 3.81. The lowest BCUT2D eigenvalue weighted by molar-refractivity contribution is 0.662. The zero-order valence-electron chi connectivity index (χ0n) is 28.2. The van der Waals surface area contributed by atoms with E-state index in [0.717, 1.165) is 44.3 Å². The zero-order chi connectivity index (χ0) is 33.8. The summed E-state index contributed by atoms with van der Waals surface area (Å²) < 4.78 is 8.90. The fourth-order valence-electron chi connectivity index (χ4n) is 8.72. The molecule has 0 atom stereocenters. The molecule has 1 aliphatic carbocycles. The van der Waals surface area contributed by atoms with E-state index in [0.29, 0.717) is 11.5 Å². The molecule has 0 amide bonds. The molecule has 10 aromatic rings. The van der Waals surface area contributed by atoms with Crippen LogP contribution in [0.1, 0.15) is 25.0 Å². The van der Waals surface area contributed by atoms with Crippen LogP contribution in [0, 0.1) is 0 Å². The van der Waals surface area contributed by atoms with Crippen LogP contribution in [-0.4, -0.2) is 14.5 Å². The summed E-state index contributed by atoms with van der Waals surface area (Å²) in [7, 11) is 0. The Balaban J connectivity index is 1.29. The normalized spacial score (nSPS) is 13.5. The van der Waals surface area contributed by atoms with Gasteiger partial charge in [-0.05, 0) is 62.4 Å². The van der Waals surface area contributed by atoms with E-state index in [1.54, 1.807) is 0 Å². The lowest BCUT2D eigenvalue weighted by Crippen LogP contribution is -2.17. The molecule has 4 nitrogen and oxygen atoms in total. The zero-order valence-corrected chi connectivity index (χ0v) is 28.2. The number of hydrogen-bond donors (Lipinski definition) is 0. The SMILES string of the molecule is CC1(C)c2ccccc2-c2c1c1c(c3ccccc23)c2ccccc2n1-c1nc(-c2ccc(-c3ccccc3)cc2)c2oc3ccccc3c2n1. The highest BCUT2D eigenvalue weighted by Gasteiger charge is 2.40. The van der Waals surface area contributed by atoms with Crippen molar-refractivity contribution in [3.63, 3.8) is 0 Å². The van der Waals surface area contributed by atoms with Gasteiger partial charge in [-0.15, -0.1) is 0 Å². The quantitative estimate of drug-likeness (QED) is 0.191. The number of nitrogens with zero attached hydrogens (tertiary/aromatic N) is 3. The maximum absolute atomic E-state index is 6.57. The van der Waals surface area contributed by atoms with Crippen molar-refractivity contribution in [2.24, 2.45) is 0 Å². The molecule has 0 spiro atoms. The van der Waals surface area contributed by atoms with Gasteiger partial charge in [0.1, 0.15) is 16.8 Å². The second kappa shape index (κ2) is 10.3. The van der Waals surface area contributed by atoms with Gasteiger partial charge in [0.25, 0.3) is 0 Å². The summed E-state index contributed by atoms with van der Waals surface area (Å²) in [6, 6.07) is 53.8. The van der Waals surface area contributed by atoms with Crippen molar-refractivity contribution < 1.29 is 4.42 Å². The van der Waals surface area contributed by atoms with E-state index in [1.807, 2.05) is 24.3 Å². The number of fused-ring (bicyclic) bond motifs is 13. The maximum atomic E-state index is 6.57. The molecule has 0 saturated heterocycles. The van der Waals surface area contributed by atoms with Crippen LogP contribution >= 0.6 is 0 Å². The molecular formula is C47H31N3O. The van der Waals surface area contributed by atoms with Gasteiger partial charge in [0, 0.05) is 27.1 Å². The molecule has 4 heteroatoms. The summed E-state index contributed by atoms with van der Waals surface area (Å²) in [5, 5.41) is 5.91. The van der Waals surface area contributed by atoms with E-state index in [4.69, 9.17) is 14.4 Å². The Morgan fingerprint density at radius 1 is 0.549 bits per heavy atom. The van der Waals surface area contributed by atoms with Gasteiger partial charge in [-0.1, -0.05) is 147 Å². The van der Waals surface area contributed by atoms with Crippen molar-refractivity contribution in [2.45, 2.75) is 19.3 Å². The molecule has 51 heavy (non-hydrogen) atoms. The monoisotopic (exact) mass is 653 g/mol. The molecular weight excluding hydrogens is 623 g/mol. The van der Waals surface area contributed by atoms with Gasteiger partial charge in [0.05, 0.1) is 11.0 Å². The molecule has 0 unspecified atom stereocenters. The highest BCUT2D eigenvalue weighted by Crippen LogP contribution is 2.56. The number of para-hydroxylation sites is 2. The third-order valence-electron chi connectivity index (χ3n) is 11.0. The van der Waals surface area contributed by atoms with Gasteiger partial charge in [-0.2, -0.15) is 0 Å². The number of furan rings is 1. The summed E-state index contributed by atoms with van der Waals surface area (Å²) in [6.45, 7) is 4.72. The first-order chi connectivity index (χ1) is 25.1. The molecule has 0 saturated carbocycles. The minimum absolute atomic E-state index is 0.261. The van der Waals surface area contributed by atoms with Gasteiger partial charge in [0.2, 0.25) is 5.95 Å². The maximum Gasteiger partial charge on any atom is 0.236 e. The fourth-order valence-corrected chi connectivity index (χ4v) is 8.72. The van der Waals surface area contributed by atoms with Crippen LogP contribution in [0.2, 0.25) is 0 Å². The first-order valence-corrected chi connectivity index (χ1v) is 17.5. The van der Waals surface area contributed by atoms with Crippen LogP contribution < -0.4 is 0 Å². The van der Waals surface area contributed by atoms with Gasteiger partial charge in [0.15, 0.2) is 5.58 Å². The van der Waals surface area contributed by atoms with Gasteiger partial charge < -0.3 is 4.42 Å². The Bertz CT molecular complexity index is 3040. The van der Waals surface area contributed by atoms with Crippen molar-refractivity contribution in [3.8, 4) is 39.5 Å². The van der Waals surface area contributed by atoms with Crippen LogP contribution in [0.5, 0.6) is 0 Å². The highest BCUT2D eigenvalue weighted by atomic mass is 16.3. The predicted octanol–water partition coefficient (Wildman–Crippen LogP) is 12.3. The molecule has 0 N–H and O–H groups in total. The van der Waals surface area contributed by atoms with Crippen molar-refractivity contribution in [1.29, 1.82) is 0 Å². The van der Waals surface area contributed by atoms with Crippen molar-refractivity contribution in [2.75, 3.05) is 0 Å². The van der Waals surface area contributed by atoms with Gasteiger partial charge in [-0.25, -0.2) is 9.97 Å². The molecule has 7 aromatic carbocycles. The summed E-state index contributed by atoms with van der Waals surface area (Å²) in [5.74, 6) is 0.631. The lowest BCUT2D eigenvalue weighted by Gasteiger charge is -2.24. The van der Waals surface area contributed by atoms with E-state index in [1.165, 1.54) is 49.4 Å². The molecule has 1 aliphatic rings. The Labute approximate surface area is 294 Å². The van der Waals surface area contributed by atoms with Crippen LogP contribution in [-0.2, 0) is 5.41 Å². The average molecular weight is 654 g/mol. The summed E-state index contributed by atoms with van der Waals surface area (Å²) in [4.78, 5) is 10.9. The Morgan fingerprint density at radius 2 is 1.18 bits per heavy atom. The van der Waals surface area contributed by atoms with E-state index >= 15 is 0 Å². The van der Waals surface area contributed by atoms with Crippen molar-refractivity contribution in [1.82, 2.24) is 14.5 Å². The molecule has 0 fully saturated rings. The number of hydrogen-bond acceptors (Lipinski definition) is 3. The standard InChI is InChI=1S/C47H31N3O/c1-47(2)36-21-11-8-18-33(36)39-31-16-6-7-17-32(31)40-34-19-9-12-22-37(34)50(44(40)41(39)47)46-48-42(45-43(49-46)35-20-10-13-23-38(35)51-45)30-26-24-29(25-27-30)28-14-4-3-5-15-28/h3-27H,1-2H3. The van der Waals surface area contributed by atoms with Crippen LogP contribution in [0.25, 0.3) is 94.1 Å². The van der Waals surface area contributed by atoms with E-state index in [2.05, 4.69) is 146 Å². The van der Waals surface area contributed by atoms with Crippen molar-refractivity contribution >= 4 is 54.6 Å². The first-order valence-electron chi connectivity index (χ1n) is 17.5. The molecule has 0 radical (unpaired) electrons. The third kappa shape index (κ3) is 3.85. The molecule has 0 aliphatic heterocycles. The summed E-state index contributed by atoms with van der Waals surface area (Å²) in [6.07, 6.45) is 0. The minimum atomic E-state index is -0.261. The Morgan fingerprint density at radius 3 is 2.00 bits per heavy atom. The highest BCUT2D eigenvalue weighted by molar-refractivity contribution is 6.27. The van der Waals surface area contributed by atoms with Crippen LogP contribution in [0.3, 0.4) is 0 Å². The molecule has 240 valence electrons. The van der Waals surface area contributed by atoms with E-state index in [-0.39, 0.29) is 5.41 Å². The number of rotatable bonds is 3. The molecule has 11 rings (SSSR count). The Hall–Kier alpha value is -6.52. The molecule has 3 heterocycles. The Kier molecular flexibility index (Phi) is 5.70. The van der Waals surface area contributed by atoms with E-state index < -0.39 is 0 Å². The second-order valence-corrected chi connectivity index (χ2v) is 14.1. The third-order valence-corrected chi connectivity index (χ3v) is 11.0. The van der Waals surface area contributed by atoms with E-state index in [9.17, 15) is 0 Å². The van der Waals surface area contributed by atoms with Crippen LogP contribution in [0.15, 0.2) is 156 Å². The van der Waals surface area contributed by atoms with Gasteiger partial charge >= 0.3 is 0 Å². The van der Waals surface area contributed by atoms with Crippen LogP contribution in [0.4, 0.5) is 0 Å².